The number of rotatable bonds is 7. The summed E-state index contributed by atoms with van der Waals surface area (Å²) in [4.78, 5) is 25.6. The van der Waals surface area contributed by atoms with E-state index in [1.54, 1.807) is 42.6 Å². The predicted octanol–water partition coefficient (Wildman–Crippen LogP) is 5.21. The SMILES string of the molecule is CC1C=CC=C(CCCCNC(=O)Nc2ccc3ncc(-c4ccc(O)cc4)nc3n2)C1. The fourth-order valence-corrected chi connectivity index (χ4v) is 3.69. The fraction of sp³-hybridized carbons (Fsp3) is 0.280. The Kier molecular flexibility index (Phi) is 6.75. The topological polar surface area (TPSA) is 100 Å². The van der Waals surface area contributed by atoms with Crippen LogP contribution in [0.4, 0.5) is 10.6 Å². The number of allylic oxidation sites excluding steroid dienone is 4. The summed E-state index contributed by atoms with van der Waals surface area (Å²) in [5.74, 6) is 1.23. The molecule has 2 amide bonds. The molecule has 1 atom stereocenters. The van der Waals surface area contributed by atoms with Gasteiger partial charge in [0.2, 0.25) is 0 Å². The zero-order chi connectivity index (χ0) is 22.3. The van der Waals surface area contributed by atoms with Gasteiger partial charge in [-0.1, -0.05) is 30.7 Å². The van der Waals surface area contributed by atoms with E-state index in [0.29, 0.717) is 35.1 Å². The Morgan fingerprint density at radius 2 is 1.97 bits per heavy atom. The number of hydrogen-bond acceptors (Lipinski definition) is 5. The van der Waals surface area contributed by atoms with Crippen molar-refractivity contribution in [1.29, 1.82) is 0 Å². The summed E-state index contributed by atoms with van der Waals surface area (Å²) >= 11 is 0. The number of phenolic OH excluding ortho intramolecular Hbond substituents is 1. The second-order valence-corrected chi connectivity index (χ2v) is 8.07. The molecule has 1 aliphatic rings. The van der Waals surface area contributed by atoms with Gasteiger partial charge in [0.25, 0.3) is 0 Å². The Bertz CT molecular complexity index is 1150. The lowest BCUT2D eigenvalue weighted by atomic mass is 9.93. The van der Waals surface area contributed by atoms with Gasteiger partial charge in [-0.2, -0.15) is 0 Å². The number of aromatic hydroxyl groups is 1. The third-order valence-corrected chi connectivity index (χ3v) is 5.38. The van der Waals surface area contributed by atoms with Crippen LogP contribution in [0.2, 0.25) is 0 Å². The molecule has 0 saturated carbocycles. The summed E-state index contributed by atoms with van der Waals surface area (Å²) in [6, 6.07) is 9.93. The largest absolute Gasteiger partial charge is 0.508 e. The average molecular weight is 430 g/mol. The fourth-order valence-electron chi connectivity index (χ4n) is 3.69. The standard InChI is InChI=1S/C25H27N5O2/c1-17-5-4-7-18(15-17)6-2-3-14-26-25(32)30-23-13-12-21-24(29-23)28-22(16-27-21)19-8-10-20(31)11-9-19/h4-5,7-13,16-17,31H,2-3,6,14-15H2,1H3,(H2,26,28,29,30,32). The number of carbonyl (C=O) groups excluding carboxylic acids is 1. The molecule has 2 aromatic heterocycles. The van der Waals surface area contributed by atoms with Crippen molar-refractivity contribution in [3.05, 3.63) is 66.4 Å². The molecule has 1 aliphatic carbocycles. The first-order valence-electron chi connectivity index (χ1n) is 10.9. The highest BCUT2D eigenvalue weighted by molar-refractivity contribution is 5.89. The molecule has 1 unspecified atom stereocenters. The van der Waals surface area contributed by atoms with Crippen molar-refractivity contribution in [2.45, 2.75) is 32.6 Å². The molecule has 2 heterocycles. The molecule has 4 rings (SSSR count). The smallest absolute Gasteiger partial charge is 0.320 e. The number of carbonyl (C=O) groups is 1. The van der Waals surface area contributed by atoms with Crippen LogP contribution in [-0.4, -0.2) is 32.6 Å². The van der Waals surface area contributed by atoms with Crippen molar-refractivity contribution in [3.8, 4) is 17.0 Å². The van der Waals surface area contributed by atoms with E-state index in [1.807, 2.05) is 0 Å². The van der Waals surface area contributed by atoms with Crippen molar-refractivity contribution < 1.29 is 9.90 Å². The molecule has 32 heavy (non-hydrogen) atoms. The van der Waals surface area contributed by atoms with E-state index < -0.39 is 0 Å². The van der Waals surface area contributed by atoms with Crippen molar-refractivity contribution in [2.24, 2.45) is 5.92 Å². The van der Waals surface area contributed by atoms with Gasteiger partial charge in [-0.3, -0.25) is 10.3 Å². The maximum absolute atomic E-state index is 12.2. The molecule has 3 N–H and O–H groups in total. The van der Waals surface area contributed by atoms with Crippen molar-refractivity contribution in [1.82, 2.24) is 20.3 Å². The highest BCUT2D eigenvalue weighted by Crippen LogP contribution is 2.23. The minimum atomic E-state index is -0.284. The number of benzene rings is 1. The van der Waals surface area contributed by atoms with E-state index in [-0.39, 0.29) is 11.8 Å². The van der Waals surface area contributed by atoms with Crippen molar-refractivity contribution in [3.63, 3.8) is 0 Å². The highest BCUT2D eigenvalue weighted by atomic mass is 16.3. The van der Waals surface area contributed by atoms with Crippen LogP contribution in [-0.2, 0) is 0 Å². The summed E-state index contributed by atoms with van der Waals surface area (Å²) < 4.78 is 0. The first-order valence-corrected chi connectivity index (χ1v) is 10.9. The van der Waals surface area contributed by atoms with Gasteiger partial charge < -0.3 is 10.4 Å². The van der Waals surface area contributed by atoms with Gasteiger partial charge >= 0.3 is 6.03 Å². The van der Waals surface area contributed by atoms with Crippen LogP contribution in [0.15, 0.2) is 66.4 Å². The molecule has 0 fully saturated rings. The number of pyridine rings is 1. The second-order valence-electron chi connectivity index (χ2n) is 8.07. The molecular weight excluding hydrogens is 402 g/mol. The molecule has 0 spiro atoms. The zero-order valence-electron chi connectivity index (χ0n) is 18.1. The Balaban J connectivity index is 1.29. The monoisotopic (exact) mass is 429 g/mol. The van der Waals surface area contributed by atoms with Gasteiger partial charge in [-0.15, -0.1) is 0 Å². The van der Waals surface area contributed by atoms with Gasteiger partial charge in [-0.25, -0.2) is 14.8 Å². The minimum absolute atomic E-state index is 0.191. The van der Waals surface area contributed by atoms with Crippen LogP contribution in [0, 0.1) is 5.92 Å². The van der Waals surface area contributed by atoms with Crippen LogP contribution in [0.1, 0.15) is 32.6 Å². The number of aromatic nitrogens is 3. The summed E-state index contributed by atoms with van der Waals surface area (Å²) in [5, 5.41) is 15.1. The number of nitrogens with one attached hydrogen (secondary N) is 2. The van der Waals surface area contributed by atoms with Gasteiger partial charge in [0.1, 0.15) is 17.1 Å². The van der Waals surface area contributed by atoms with Gasteiger partial charge in [-0.05, 0) is 68.0 Å². The average Bonchev–Trinajstić information content (AvgIpc) is 2.79. The number of phenols is 1. The van der Waals surface area contributed by atoms with E-state index in [9.17, 15) is 9.90 Å². The summed E-state index contributed by atoms with van der Waals surface area (Å²) in [5.41, 5.74) is 4.03. The lowest BCUT2D eigenvalue weighted by Crippen LogP contribution is -2.29. The lowest BCUT2D eigenvalue weighted by Gasteiger charge is -2.14. The Morgan fingerprint density at radius 3 is 2.78 bits per heavy atom. The van der Waals surface area contributed by atoms with Gasteiger partial charge in [0.05, 0.1) is 11.9 Å². The van der Waals surface area contributed by atoms with E-state index >= 15 is 0 Å². The van der Waals surface area contributed by atoms with Crippen LogP contribution in [0.3, 0.4) is 0 Å². The van der Waals surface area contributed by atoms with E-state index in [4.69, 9.17) is 0 Å². The normalized spacial score (nSPS) is 15.4. The summed E-state index contributed by atoms with van der Waals surface area (Å²) in [6.45, 7) is 2.85. The first kappa shape index (κ1) is 21.5. The number of urea groups is 1. The van der Waals surface area contributed by atoms with Crippen molar-refractivity contribution >= 4 is 23.0 Å². The molecule has 7 heteroatoms. The number of unbranched alkanes of at least 4 members (excludes halogenated alkanes) is 1. The van der Waals surface area contributed by atoms with Crippen LogP contribution in [0.25, 0.3) is 22.4 Å². The van der Waals surface area contributed by atoms with E-state index in [0.717, 1.165) is 31.2 Å². The quantitative estimate of drug-likeness (QED) is 0.448. The Labute approximate surface area is 187 Å². The number of nitrogens with zero attached hydrogens (tertiary/aromatic N) is 3. The lowest BCUT2D eigenvalue weighted by molar-refractivity contribution is 0.252. The number of amides is 2. The molecule has 1 aromatic carbocycles. The van der Waals surface area contributed by atoms with Crippen LogP contribution >= 0.6 is 0 Å². The zero-order valence-corrected chi connectivity index (χ0v) is 18.1. The van der Waals surface area contributed by atoms with Crippen LogP contribution in [0.5, 0.6) is 5.75 Å². The third kappa shape index (κ3) is 5.69. The maximum atomic E-state index is 12.2. The molecule has 3 aromatic rings. The Hall–Kier alpha value is -3.74. The van der Waals surface area contributed by atoms with Crippen molar-refractivity contribution in [2.75, 3.05) is 11.9 Å². The summed E-state index contributed by atoms with van der Waals surface area (Å²) in [6.07, 6.45) is 12.4. The third-order valence-electron chi connectivity index (χ3n) is 5.38. The van der Waals surface area contributed by atoms with Gasteiger partial charge in [0.15, 0.2) is 5.65 Å². The van der Waals surface area contributed by atoms with E-state index in [1.165, 1.54) is 5.57 Å². The molecule has 7 nitrogen and oxygen atoms in total. The molecule has 0 saturated heterocycles. The Morgan fingerprint density at radius 1 is 1.12 bits per heavy atom. The molecule has 0 radical (unpaired) electrons. The molecule has 0 bridgehead atoms. The van der Waals surface area contributed by atoms with Crippen LogP contribution < -0.4 is 10.6 Å². The number of fused-ring (bicyclic) bond motifs is 1. The van der Waals surface area contributed by atoms with Gasteiger partial charge in [0, 0.05) is 12.1 Å². The molecule has 0 aliphatic heterocycles. The number of anilines is 1. The maximum Gasteiger partial charge on any atom is 0.320 e. The highest BCUT2D eigenvalue weighted by Gasteiger charge is 2.09. The molecular formula is C25H27N5O2. The molecule has 164 valence electrons. The second kappa shape index (κ2) is 10.0. The number of hydrogen-bond donors (Lipinski definition) is 3. The predicted molar refractivity (Wildman–Crippen MR) is 126 cm³/mol. The summed E-state index contributed by atoms with van der Waals surface area (Å²) in [7, 11) is 0. The minimum Gasteiger partial charge on any atom is -0.508 e. The van der Waals surface area contributed by atoms with E-state index in [2.05, 4.69) is 50.7 Å². The first-order chi connectivity index (χ1) is 15.6.